The Kier molecular flexibility index (Phi) is 6.06. The predicted octanol–water partition coefficient (Wildman–Crippen LogP) is 1.35. The minimum atomic E-state index is -0.498. The molecule has 4 heteroatoms. The van der Waals surface area contributed by atoms with Crippen LogP contribution in [0.15, 0.2) is 30.3 Å². The second-order valence-electron chi connectivity index (χ2n) is 7.21. The molecule has 0 aromatic heterocycles. The largest absolute Gasteiger partial charge is 0.387 e. The van der Waals surface area contributed by atoms with E-state index in [0.29, 0.717) is 0 Å². The van der Waals surface area contributed by atoms with Crippen LogP contribution in [0.5, 0.6) is 0 Å². The van der Waals surface area contributed by atoms with Gasteiger partial charge in [0.05, 0.1) is 5.60 Å². The highest BCUT2D eigenvalue weighted by Gasteiger charge is 2.33. The molecule has 3 rings (SSSR count). The van der Waals surface area contributed by atoms with Crippen molar-refractivity contribution in [2.24, 2.45) is 0 Å². The molecule has 0 spiro atoms. The molecule has 2 N–H and O–H groups in total. The number of aliphatic hydroxyl groups is 1. The fourth-order valence-corrected chi connectivity index (χ4v) is 3.84. The van der Waals surface area contributed by atoms with Crippen molar-refractivity contribution in [3.8, 4) is 0 Å². The van der Waals surface area contributed by atoms with Gasteiger partial charge in [-0.15, -0.1) is 0 Å². The van der Waals surface area contributed by atoms with E-state index in [1.54, 1.807) is 0 Å². The molecule has 1 aromatic rings. The molecular formula is C19H31N3O. The molecule has 2 aliphatic heterocycles. The number of benzene rings is 1. The van der Waals surface area contributed by atoms with E-state index < -0.39 is 5.60 Å². The maximum atomic E-state index is 10.6. The summed E-state index contributed by atoms with van der Waals surface area (Å²) >= 11 is 0. The van der Waals surface area contributed by atoms with Gasteiger partial charge in [0, 0.05) is 26.2 Å². The number of β-amino-alcohol motifs (C(OH)–C–C–N with tert-alkyl or cyclic N) is 1. The minimum absolute atomic E-state index is 0.498. The summed E-state index contributed by atoms with van der Waals surface area (Å²) < 4.78 is 0. The lowest BCUT2D eigenvalue weighted by Crippen LogP contribution is -2.45. The average molecular weight is 317 g/mol. The SMILES string of the molecule is O[C@]1(CN2CCCN(CCCc3ccccc3)CC2)CCNC1. The zero-order valence-corrected chi connectivity index (χ0v) is 14.2. The zero-order valence-electron chi connectivity index (χ0n) is 14.2. The zero-order chi connectivity index (χ0) is 16.0. The normalized spacial score (nSPS) is 27.2. The van der Waals surface area contributed by atoms with Crippen LogP contribution in [-0.2, 0) is 6.42 Å². The van der Waals surface area contributed by atoms with E-state index in [1.165, 1.54) is 37.9 Å². The average Bonchev–Trinajstić information content (AvgIpc) is 2.86. The van der Waals surface area contributed by atoms with Crippen molar-refractivity contribution in [2.45, 2.75) is 31.3 Å². The van der Waals surface area contributed by atoms with Gasteiger partial charge in [0.1, 0.15) is 0 Å². The van der Waals surface area contributed by atoms with Crippen LogP contribution in [0.4, 0.5) is 0 Å². The summed E-state index contributed by atoms with van der Waals surface area (Å²) in [5.74, 6) is 0. The van der Waals surface area contributed by atoms with Gasteiger partial charge in [0.2, 0.25) is 0 Å². The molecule has 1 atom stereocenters. The van der Waals surface area contributed by atoms with E-state index in [-0.39, 0.29) is 0 Å². The third-order valence-corrected chi connectivity index (χ3v) is 5.20. The summed E-state index contributed by atoms with van der Waals surface area (Å²) in [4.78, 5) is 5.06. The molecule has 0 aliphatic carbocycles. The van der Waals surface area contributed by atoms with E-state index >= 15 is 0 Å². The molecule has 2 heterocycles. The van der Waals surface area contributed by atoms with Crippen molar-refractivity contribution >= 4 is 0 Å². The van der Waals surface area contributed by atoms with Crippen LogP contribution in [0.3, 0.4) is 0 Å². The lowest BCUT2D eigenvalue weighted by atomic mass is 10.0. The van der Waals surface area contributed by atoms with Crippen molar-refractivity contribution in [1.29, 1.82) is 0 Å². The molecule has 23 heavy (non-hydrogen) atoms. The first-order valence-corrected chi connectivity index (χ1v) is 9.15. The molecule has 128 valence electrons. The van der Waals surface area contributed by atoms with E-state index in [2.05, 4.69) is 45.4 Å². The van der Waals surface area contributed by atoms with E-state index in [0.717, 1.165) is 45.7 Å². The summed E-state index contributed by atoms with van der Waals surface area (Å²) in [6.07, 6.45) is 4.52. The van der Waals surface area contributed by atoms with Gasteiger partial charge < -0.3 is 15.3 Å². The smallest absolute Gasteiger partial charge is 0.0909 e. The number of hydrogen-bond donors (Lipinski definition) is 2. The molecule has 0 radical (unpaired) electrons. The number of hydrogen-bond acceptors (Lipinski definition) is 4. The molecule has 0 saturated carbocycles. The summed E-state index contributed by atoms with van der Waals surface area (Å²) in [5, 5.41) is 13.8. The van der Waals surface area contributed by atoms with Crippen molar-refractivity contribution in [3.63, 3.8) is 0 Å². The van der Waals surface area contributed by atoms with Gasteiger partial charge in [0.15, 0.2) is 0 Å². The van der Waals surface area contributed by atoms with Gasteiger partial charge in [0.25, 0.3) is 0 Å². The Morgan fingerprint density at radius 3 is 2.61 bits per heavy atom. The monoisotopic (exact) mass is 317 g/mol. The predicted molar refractivity (Wildman–Crippen MR) is 94.7 cm³/mol. The Morgan fingerprint density at radius 2 is 1.83 bits per heavy atom. The van der Waals surface area contributed by atoms with Gasteiger partial charge in [-0.3, -0.25) is 4.90 Å². The van der Waals surface area contributed by atoms with Crippen molar-refractivity contribution in [3.05, 3.63) is 35.9 Å². The summed E-state index contributed by atoms with van der Waals surface area (Å²) in [6, 6.07) is 10.8. The minimum Gasteiger partial charge on any atom is -0.387 e. The fraction of sp³-hybridized carbons (Fsp3) is 0.684. The number of nitrogens with one attached hydrogen (secondary N) is 1. The maximum Gasteiger partial charge on any atom is 0.0909 e. The third-order valence-electron chi connectivity index (χ3n) is 5.20. The van der Waals surface area contributed by atoms with Crippen LogP contribution >= 0.6 is 0 Å². The van der Waals surface area contributed by atoms with E-state index in [4.69, 9.17) is 0 Å². The van der Waals surface area contributed by atoms with Gasteiger partial charge in [-0.2, -0.15) is 0 Å². The van der Waals surface area contributed by atoms with Crippen molar-refractivity contribution in [2.75, 3.05) is 52.4 Å². The first-order chi connectivity index (χ1) is 11.2. The van der Waals surface area contributed by atoms with E-state index in [1.807, 2.05) is 0 Å². The molecule has 0 amide bonds. The Morgan fingerprint density at radius 1 is 1.04 bits per heavy atom. The quantitative estimate of drug-likeness (QED) is 0.831. The lowest BCUT2D eigenvalue weighted by molar-refractivity contribution is 0.0220. The summed E-state index contributed by atoms with van der Waals surface area (Å²) in [6.45, 7) is 8.28. The van der Waals surface area contributed by atoms with Crippen LogP contribution in [0, 0.1) is 0 Å². The first kappa shape index (κ1) is 16.9. The van der Waals surface area contributed by atoms with Gasteiger partial charge in [-0.05, 0) is 57.4 Å². The number of aryl methyl sites for hydroxylation is 1. The lowest BCUT2D eigenvalue weighted by Gasteiger charge is -2.30. The maximum absolute atomic E-state index is 10.6. The third kappa shape index (κ3) is 5.28. The van der Waals surface area contributed by atoms with Crippen LogP contribution in [0.2, 0.25) is 0 Å². The standard InChI is InChI=1S/C19H31N3O/c23-19(9-10-20-16-19)17-22-13-5-12-21(14-15-22)11-4-8-18-6-2-1-3-7-18/h1-3,6-7,20,23H,4-5,8-17H2/t19-/m1/s1. The molecule has 0 unspecified atom stereocenters. The molecular weight excluding hydrogens is 286 g/mol. The van der Waals surface area contributed by atoms with Gasteiger partial charge >= 0.3 is 0 Å². The first-order valence-electron chi connectivity index (χ1n) is 9.15. The van der Waals surface area contributed by atoms with Crippen LogP contribution < -0.4 is 5.32 Å². The number of nitrogens with zero attached hydrogens (tertiary/aromatic N) is 2. The highest BCUT2D eigenvalue weighted by Crippen LogP contribution is 2.17. The molecule has 2 aliphatic rings. The van der Waals surface area contributed by atoms with Gasteiger partial charge in [-0.1, -0.05) is 30.3 Å². The van der Waals surface area contributed by atoms with Crippen LogP contribution in [-0.4, -0.2) is 72.9 Å². The molecule has 2 fully saturated rings. The molecule has 2 saturated heterocycles. The highest BCUT2D eigenvalue weighted by atomic mass is 16.3. The summed E-state index contributed by atoms with van der Waals surface area (Å²) in [7, 11) is 0. The Labute approximate surface area is 140 Å². The number of rotatable bonds is 6. The van der Waals surface area contributed by atoms with Crippen LogP contribution in [0.1, 0.15) is 24.8 Å². The Balaban J connectivity index is 1.38. The second-order valence-corrected chi connectivity index (χ2v) is 7.21. The second kappa shape index (κ2) is 8.25. The summed E-state index contributed by atoms with van der Waals surface area (Å²) in [5.41, 5.74) is 0.947. The van der Waals surface area contributed by atoms with Crippen molar-refractivity contribution in [1.82, 2.24) is 15.1 Å². The Hall–Kier alpha value is -0.940. The highest BCUT2D eigenvalue weighted by molar-refractivity contribution is 5.14. The topological polar surface area (TPSA) is 38.7 Å². The molecule has 4 nitrogen and oxygen atoms in total. The Bertz CT molecular complexity index is 459. The van der Waals surface area contributed by atoms with Gasteiger partial charge in [-0.25, -0.2) is 0 Å². The fourth-order valence-electron chi connectivity index (χ4n) is 3.84. The van der Waals surface area contributed by atoms with E-state index in [9.17, 15) is 5.11 Å². The van der Waals surface area contributed by atoms with Crippen molar-refractivity contribution < 1.29 is 5.11 Å². The molecule has 1 aromatic carbocycles. The van der Waals surface area contributed by atoms with Crippen LogP contribution in [0.25, 0.3) is 0 Å². The molecule has 0 bridgehead atoms.